The Labute approximate surface area is 160 Å². The molecule has 2 aromatic rings. The van der Waals surface area contributed by atoms with E-state index in [1.165, 1.54) is 23.0 Å². The number of aryl methyl sites for hydroxylation is 1. The summed E-state index contributed by atoms with van der Waals surface area (Å²) in [4.78, 5) is 30.2. The standard InChI is InChI=1S/C18H20FN3O5S/c1-3-22-18(24)13(10-20-22)17(23)12-4-5-15-16(11(12)2)14(21-27-8-7-19)6-9-28(15,25)26/h4-5,10,20H,3,6-9H2,1-2H3/b21-14+. The SMILES string of the molecule is CCn1[nH]cc(C(=O)c2ccc3c(c2C)/C(=N/OCCF)CCS3(=O)=O)c1=O. The Morgan fingerprint density at radius 3 is 2.75 bits per heavy atom. The average Bonchev–Trinajstić information content (AvgIpc) is 3.04. The maximum absolute atomic E-state index is 12.9. The summed E-state index contributed by atoms with van der Waals surface area (Å²) in [5.41, 5.74) is 0.728. The minimum atomic E-state index is -3.54. The summed E-state index contributed by atoms with van der Waals surface area (Å²) in [6.45, 7) is 2.78. The number of aromatic amines is 1. The Hall–Kier alpha value is -2.75. The highest BCUT2D eigenvalue weighted by molar-refractivity contribution is 7.91. The topological polar surface area (TPSA) is 111 Å². The van der Waals surface area contributed by atoms with Gasteiger partial charge < -0.3 is 9.94 Å². The van der Waals surface area contributed by atoms with E-state index in [1.807, 2.05) is 0 Å². The molecule has 1 aliphatic heterocycles. The van der Waals surface area contributed by atoms with Crippen LogP contribution >= 0.6 is 0 Å². The fourth-order valence-corrected chi connectivity index (χ4v) is 4.76. The van der Waals surface area contributed by atoms with Crippen LogP contribution in [0.3, 0.4) is 0 Å². The van der Waals surface area contributed by atoms with Gasteiger partial charge in [-0.1, -0.05) is 5.16 Å². The van der Waals surface area contributed by atoms with Crippen molar-refractivity contribution < 1.29 is 22.4 Å². The smallest absolute Gasteiger partial charge is 0.277 e. The molecule has 0 radical (unpaired) electrons. The van der Waals surface area contributed by atoms with E-state index < -0.39 is 27.9 Å². The van der Waals surface area contributed by atoms with Crippen LogP contribution in [0.5, 0.6) is 0 Å². The Balaban J connectivity index is 2.15. The second-order valence-corrected chi connectivity index (χ2v) is 8.38. The largest absolute Gasteiger partial charge is 0.393 e. The van der Waals surface area contributed by atoms with Gasteiger partial charge in [0.1, 0.15) is 18.8 Å². The number of halogens is 1. The van der Waals surface area contributed by atoms with E-state index in [1.54, 1.807) is 13.8 Å². The highest BCUT2D eigenvalue weighted by atomic mass is 32.2. The van der Waals surface area contributed by atoms with Crippen molar-refractivity contribution in [1.29, 1.82) is 0 Å². The fraction of sp³-hybridized carbons (Fsp3) is 0.389. The Kier molecular flexibility index (Phi) is 5.50. The summed E-state index contributed by atoms with van der Waals surface area (Å²) in [6, 6.07) is 2.75. The van der Waals surface area contributed by atoms with Gasteiger partial charge in [0, 0.05) is 30.3 Å². The van der Waals surface area contributed by atoms with Crippen LogP contribution in [0, 0.1) is 6.92 Å². The number of oxime groups is 1. The predicted octanol–water partition coefficient (Wildman–Crippen LogP) is 1.60. The highest BCUT2D eigenvalue weighted by Crippen LogP contribution is 2.31. The number of rotatable bonds is 6. The van der Waals surface area contributed by atoms with Gasteiger partial charge in [-0.2, -0.15) is 0 Å². The molecule has 1 aromatic carbocycles. The molecule has 0 saturated carbocycles. The maximum atomic E-state index is 12.9. The van der Waals surface area contributed by atoms with E-state index in [9.17, 15) is 22.4 Å². The van der Waals surface area contributed by atoms with Gasteiger partial charge >= 0.3 is 0 Å². The molecule has 0 fully saturated rings. The van der Waals surface area contributed by atoms with Crippen molar-refractivity contribution in [1.82, 2.24) is 9.78 Å². The van der Waals surface area contributed by atoms with Gasteiger partial charge in [0.05, 0.1) is 16.4 Å². The first-order valence-corrected chi connectivity index (χ1v) is 10.4. The van der Waals surface area contributed by atoms with Crippen molar-refractivity contribution in [2.24, 2.45) is 5.16 Å². The lowest BCUT2D eigenvalue weighted by atomic mass is 9.93. The number of aromatic nitrogens is 2. The zero-order chi connectivity index (χ0) is 20.5. The first kappa shape index (κ1) is 20.0. The number of fused-ring (bicyclic) bond motifs is 1. The first-order valence-electron chi connectivity index (χ1n) is 8.76. The molecule has 0 bridgehead atoms. The molecule has 28 heavy (non-hydrogen) atoms. The second kappa shape index (κ2) is 7.70. The van der Waals surface area contributed by atoms with Crippen LogP contribution in [0.1, 0.15) is 40.4 Å². The lowest BCUT2D eigenvalue weighted by Gasteiger charge is -2.21. The minimum absolute atomic E-state index is 0.0317. The van der Waals surface area contributed by atoms with E-state index in [-0.39, 0.29) is 40.4 Å². The van der Waals surface area contributed by atoms with Crippen LogP contribution in [-0.4, -0.2) is 48.7 Å². The highest BCUT2D eigenvalue weighted by Gasteiger charge is 2.32. The lowest BCUT2D eigenvalue weighted by Crippen LogP contribution is -2.26. The summed E-state index contributed by atoms with van der Waals surface area (Å²) in [6.07, 6.45) is 1.43. The third kappa shape index (κ3) is 3.39. The summed E-state index contributed by atoms with van der Waals surface area (Å²) in [7, 11) is -3.54. The number of benzene rings is 1. The maximum Gasteiger partial charge on any atom is 0.277 e. The molecule has 1 aliphatic rings. The molecule has 10 heteroatoms. The molecule has 1 aromatic heterocycles. The van der Waals surface area contributed by atoms with Gasteiger partial charge in [0.2, 0.25) is 0 Å². The molecule has 0 spiro atoms. The number of ketones is 1. The number of alkyl halides is 1. The van der Waals surface area contributed by atoms with E-state index in [0.29, 0.717) is 17.8 Å². The molecule has 1 N–H and O–H groups in total. The molecule has 0 atom stereocenters. The van der Waals surface area contributed by atoms with Crippen LogP contribution in [0.2, 0.25) is 0 Å². The molecule has 0 amide bonds. The van der Waals surface area contributed by atoms with E-state index >= 15 is 0 Å². The van der Waals surface area contributed by atoms with Crippen LogP contribution in [0.25, 0.3) is 0 Å². The van der Waals surface area contributed by atoms with Crippen LogP contribution < -0.4 is 5.56 Å². The number of hydrogen-bond donors (Lipinski definition) is 1. The van der Waals surface area contributed by atoms with Crippen molar-refractivity contribution in [2.75, 3.05) is 19.0 Å². The third-order valence-electron chi connectivity index (χ3n) is 4.65. The van der Waals surface area contributed by atoms with Gasteiger partial charge in [-0.3, -0.25) is 14.3 Å². The molecular weight excluding hydrogens is 389 g/mol. The van der Waals surface area contributed by atoms with Crippen LogP contribution in [-0.2, 0) is 21.2 Å². The van der Waals surface area contributed by atoms with Gasteiger partial charge in [-0.15, -0.1) is 0 Å². The number of carbonyl (C=O) groups excluding carboxylic acids is 1. The molecule has 8 nitrogen and oxygen atoms in total. The van der Waals surface area contributed by atoms with Crippen molar-refractivity contribution in [3.05, 3.63) is 50.9 Å². The summed E-state index contributed by atoms with van der Waals surface area (Å²) < 4.78 is 38.5. The number of nitrogens with one attached hydrogen (secondary N) is 1. The van der Waals surface area contributed by atoms with E-state index in [4.69, 9.17) is 4.84 Å². The first-order chi connectivity index (χ1) is 13.3. The van der Waals surface area contributed by atoms with E-state index in [2.05, 4.69) is 10.3 Å². The summed E-state index contributed by atoms with van der Waals surface area (Å²) >= 11 is 0. The molecule has 0 unspecified atom stereocenters. The van der Waals surface area contributed by atoms with Crippen molar-refractivity contribution in [3.63, 3.8) is 0 Å². The van der Waals surface area contributed by atoms with Crippen LogP contribution in [0.4, 0.5) is 4.39 Å². The average molecular weight is 409 g/mol. The third-order valence-corrected chi connectivity index (χ3v) is 6.40. The Bertz CT molecular complexity index is 1110. The Morgan fingerprint density at radius 2 is 2.11 bits per heavy atom. The number of carbonyl (C=O) groups is 1. The molecule has 0 saturated heterocycles. The van der Waals surface area contributed by atoms with Crippen LogP contribution in [0.15, 0.2) is 33.2 Å². The van der Waals surface area contributed by atoms with Crippen molar-refractivity contribution in [3.8, 4) is 0 Å². The molecule has 0 aliphatic carbocycles. The van der Waals surface area contributed by atoms with Gasteiger partial charge in [-0.05, 0) is 31.5 Å². The lowest BCUT2D eigenvalue weighted by molar-refractivity contribution is 0.103. The molecular formula is C18H20FN3O5S. The Morgan fingerprint density at radius 1 is 1.36 bits per heavy atom. The van der Waals surface area contributed by atoms with Crippen molar-refractivity contribution >= 4 is 21.3 Å². The second-order valence-electron chi connectivity index (χ2n) is 6.31. The number of nitrogens with zero attached hydrogens (tertiary/aromatic N) is 2. The minimum Gasteiger partial charge on any atom is -0.393 e. The quantitative estimate of drug-likeness (QED) is 0.443. The van der Waals surface area contributed by atoms with Gasteiger partial charge in [-0.25, -0.2) is 12.8 Å². The fourth-order valence-electron chi connectivity index (χ4n) is 3.22. The number of H-pyrrole nitrogens is 1. The monoisotopic (exact) mass is 409 g/mol. The van der Waals surface area contributed by atoms with Crippen molar-refractivity contribution in [2.45, 2.75) is 31.7 Å². The zero-order valence-corrected chi connectivity index (χ0v) is 16.3. The van der Waals surface area contributed by atoms with Gasteiger partial charge in [0.25, 0.3) is 5.56 Å². The summed E-state index contributed by atoms with van der Waals surface area (Å²) in [5.74, 6) is -0.662. The zero-order valence-electron chi connectivity index (χ0n) is 15.5. The number of sulfone groups is 1. The predicted molar refractivity (Wildman–Crippen MR) is 100 cm³/mol. The normalized spacial score (nSPS) is 16.8. The summed E-state index contributed by atoms with van der Waals surface area (Å²) in [5, 5.41) is 6.60. The molecule has 150 valence electrons. The van der Waals surface area contributed by atoms with Gasteiger partial charge in [0.15, 0.2) is 15.6 Å². The molecule has 3 rings (SSSR count). The number of hydrogen-bond acceptors (Lipinski definition) is 6. The molecule has 2 heterocycles. The van der Waals surface area contributed by atoms with E-state index in [0.717, 1.165) is 0 Å².